The highest BCUT2D eigenvalue weighted by atomic mass is 16.6. The van der Waals surface area contributed by atoms with Crippen molar-refractivity contribution in [2.24, 2.45) is 11.7 Å². The van der Waals surface area contributed by atoms with E-state index in [1.54, 1.807) is 41.5 Å². The predicted molar refractivity (Wildman–Crippen MR) is 167 cm³/mol. The van der Waals surface area contributed by atoms with Gasteiger partial charge in [-0.25, -0.2) is 4.79 Å². The molecule has 1 aliphatic heterocycles. The molecule has 0 fully saturated rings. The lowest BCUT2D eigenvalue weighted by Crippen LogP contribution is -2.56. The molecule has 0 radical (unpaired) electrons. The molecule has 1 heterocycles. The fraction of sp³-hybridized carbons (Fsp3) is 0.710. The lowest BCUT2D eigenvalue weighted by molar-refractivity contribution is -0.159. The number of nitrogens with two attached hydrogens (primary N) is 1. The second-order valence-electron chi connectivity index (χ2n) is 12.7. The SMILES string of the molecule is CC(C)[C@H](NC(=O)CCCCCN1C(=O)C=CC1=O)C(=O)N[C@@H](C)C(=O)N[C@@H](CCCCNC(=O)[C@@H](C)N)C(=O)OC(C)(C)C. The van der Waals surface area contributed by atoms with Gasteiger partial charge in [0.2, 0.25) is 23.6 Å². The number of rotatable bonds is 19. The summed E-state index contributed by atoms with van der Waals surface area (Å²) in [6.45, 7) is 12.4. The van der Waals surface area contributed by atoms with Gasteiger partial charge in [0, 0.05) is 31.7 Å². The van der Waals surface area contributed by atoms with Crippen LogP contribution in [0.3, 0.4) is 0 Å². The number of carbonyl (C=O) groups excluding carboxylic acids is 7. The smallest absolute Gasteiger partial charge is 0.329 e. The summed E-state index contributed by atoms with van der Waals surface area (Å²) < 4.78 is 5.47. The van der Waals surface area contributed by atoms with Gasteiger partial charge < -0.3 is 31.7 Å². The summed E-state index contributed by atoms with van der Waals surface area (Å²) in [5.74, 6) is -3.33. The molecule has 6 amide bonds. The lowest BCUT2D eigenvalue weighted by atomic mass is 10.0. The summed E-state index contributed by atoms with van der Waals surface area (Å²) in [6.07, 6.45) is 5.58. The van der Waals surface area contributed by atoms with Crippen LogP contribution in [0.2, 0.25) is 0 Å². The topological polar surface area (TPSA) is 206 Å². The minimum absolute atomic E-state index is 0.152. The van der Waals surface area contributed by atoms with E-state index in [-0.39, 0.29) is 48.9 Å². The normalized spacial score (nSPS) is 15.7. The molecular formula is C31H52N6O8. The Morgan fingerprint density at radius 3 is 2.00 bits per heavy atom. The highest BCUT2D eigenvalue weighted by molar-refractivity contribution is 6.12. The zero-order chi connectivity index (χ0) is 34.3. The molecule has 0 spiro atoms. The number of unbranched alkanes of at least 4 members (excludes halogenated alkanes) is 3. The van der Waals surface area contributed by atoms with Gasteiger partial charge in [-0.2, -0.15) is 0 Å². The van der Waals surface area contributed by atoms with Crippen molar-refractivity contribution in [3.63, 3.8) is 0 Å². The Bertz CT molecular complexity index is 1080. The molecule has 1 rings (SSSR count). The maximum Gasteiger partial charge on any atom is 0.329 e. The molecule has 0 aromatic heterocycles. The van der Waals surface area contributed by atoms with Crippen LogP contribution in [0, 0.1) is 5.92 Å². The van der Waals surface area contributed by atoms with Crippen LogP contribution in [0.25, 0.3) is 0 Å². The molecule has 14 heteroatoms. The molecule has 6 N–H and O–H groups in total. The zero-order valence-electron chi connectivity index (χ0n) is 27.7. The van der Waals surface area contributed by atoms with Gasteiger partial charge in [0.05, 0.1) is 6.04 Å². The van der Waals surface area contributed by atoms with Crippen molar-refractivity contribution in [1.82, 2.24) is 26.2 Å². The Kier molecular flexibility index (Phi) is 16.4. The molecule has 254 valence electrons. The minimum atomic E-state index is -1.02. The van der Waals surface area contributed by atoms with E-state index in [2.05, 4.69) is 21.3 Å². The van der Waals surface area contributed by atoms with Crippen LogP contribution >= 0.6 is 0 Å². The average Bonchev–Trinajstić information content (AvgIpc) is 3.25. The molecular weight excluding hydrogens is 584 g/mol. The first kappa shape index (κ1) is 39.2. The molecule has 0 unspecified atom stereocenters. The summed E-state index contributed by atoms with van der Waals surface area (Å²) >= 11 is 0. The Morgan fingerprint density at radius 2 is 1.44 bits per heavy atom. The van der Waals surface area contributed by atoms with Crippen LogP contribution in [0.1, 0.15) is 93.4 Å². The third kappa shape index (κ3) is 15.2. The van der Waals surface area contributed by atoms with Crippen LogP contribution in [-0.4, -0.2) is 89.2 Å². The van der Waals surface area contributed by atoms with E-state index in [4.69, 9.17) is 10.5 Å². The van der Waals surface area contributed by atoms with E-state index in [9.17, 15) is 33.6 Å². The first-order chi connectivity index (χ1) is 20.9. The second kappa shape index (κ2) is 18.9. The van der Waals surface area contributed by atoms with E-state index in [0.717, 1.165) is 4.90 Å². The van der Waals surface area contributed by atoms with Crippen molar-refractivity contribution in [2.45, 2.75) is 123 Å². The van der Waals surface area contributed by atoms with Crippen LogP contribution in [-0.2, 0) is 38.3 Å². The highest BCUT2D eigenvalue weighted by Crippen LogP contribution is 2.13. The molecule has 0 saturated carbocycles. The molecule has 45 heavy (non-hydrogen) atoms. The highest BCUT2D eigenvalue weighted by Gasteiger charge is 2.31. The summed E-state index contributed by atoms with van der Waals surface area (Å²) in [6, 6.07) is -3.52. The number of imide groups is 1. The van der Waals surface area contributed by atoms with Crippen LogP contribution < -0.4 is 27.0 Å². The monoisotopic (exact) mass is 636 g/mol. The Balaban J connectivity index is 2.63. The molecule has 0 saturated heterocycles. The molecule has 1 aliphatic rings. The van der Waals surface area contributed by atoms with Crippen molar-refractivity contribution >= 4 is 41.4 Å². The number of carbonyl (C=O) groups is 7. The van der Waals surface area contributed by atoms with Gasteiger partial charge in [0.15, 0.2) is 0 Å². The Labute approximate surface area is 266 Å². The summed E-state index contributed by atoms with van der Waals surface area (Å²) in [5, 5.41) is 10.7. The van der Waals surface area contributed by atoms with E-state index in [1.807, 2.05) is 0 Å². The maximum atomic E-state index is 13.1. The average molecular weight is 637 g/mol. The molecule has 4 atom stereocenters. The third-order valence-electron chi connectivity index (χ3n) is 6.84. The molecule has 0 aromatic rings. The van der Waals surface area contributed by atoms with Crippen LogP contribution in [0.5, 0.6) is 0 Å². The summed E-state index contributed by atoms with van der Waals surface area (Å²) in [5.41, 5.74) is 4.76. The molecule has 0 bridgehead atoms. The van der Waals surface area contributed by atoms with Gasteiger partial charge in [0.1, 0.15) is 23.7 Å². The Morgan fingerprint density at radius 1 is 0.822 bits per heavy atom. The van der Waals surface area contributed by atoms with Crippen molar-refractivity contribution in [2.75, 3.05) is 13.1 Å². The number of ether oxygens (including phenoxy) is 1. The molecule has 14 nitrogen and oxygen atoms in total. The van der Waals surface area contributed by atoms with Crippen molar-refractivity contribution < 1.29 is 38.3 Å². The lowest BCUT2D eigenvalue weighted by Gasteiger charge is -2.27. The Hall–Kier alpha value is -3.81. The van der Waals surface area contributed by atoms with E-state index in [0.29, 0.717) is 38.6 Å². The number of nitrogens with zero attached hydrogens (tertiary/aromatic N) is 1. The van der Waals surface area contributed by atoms with Gasteiger partial charge >= 0.3 is 5.97 Å². The first-order valence-electron chi connectivity index (χ1n) is 15.6. The van der Waals surface area contributed by atoms with Crippen molar-refractivity contribution in [3.8, 4) is 0 Å². The van der Waals surface area contributed by atoms with Gasteiger partial charge in [-0.1, -0.05) is 20.3 Å². The summed E-state index contributed by atoms with van der Waals surface area (Å²) in [4.78, 5) is 87.5. The van der Waals surface area contributed by atoms with E-state index in [1.165, 1.54) is 19.1 Å². The molecule has 0 aromatic carbocycles. The minimum Gasteiger partial charge on any atom is -0.458 e. The van der Waals surface area contributed by atoms with Crippen LogP contribution in [0.4, 0.5) is 0 Å². The van der Waals surface area contributed by atoms with E-state index < -0.39 is 47.6 Å². The fourth-order valence-corrected chi connectivity index (χ4v) is 4.30. The van der Waals surface area contributed by atoms with Gasteiger partial charge in [-0.15, -0.1) is 0 Å². The van der Waals surface area contributed by atoms with Gasteiger partial charge in [0.25, 0.3) is 11.8 Å². The van der Waals surface area contributed by atoms with Crippen molar-refractivity contribution in [1.29, 1.82) is 0 Å². The number of nitrogens with one attached hydrogen (secondary N) is 4. The quantitative estimate of drug-likeness (QED) is 0.0762. The van der Waals surface area contributed by atoms with Crippen LogP contribution in [0.15, 0.2) is 12.2 Å². The summed E-state index contributed by atoms with van der Waals surface area (Å²) in [7, 11) is 0. The third-order valence-corrected chi connectivity index (χ3v) is 6.84. The molecule has 0 aliphatic carbocycles. The standard InChI is InChI=1S/C31H52N6O8/c1-19(2)26(36-23(38)14-9-8-12-18-37-24(39)15-16-25(37)40)29(43)34-21(4)28(42)35-22(30(44)45-31(5,6)7)13-10-11-17-33-27(41)20(3)32/h15-16,19-22,26H,8-14,17-18,32H2,1-7H3,(H,33,41)(H,34,43)(H,35,42)(H,36,38)/t20-,21+,22+,26+/m1/s1. The maximum absolute atomic E-state index is 13.1. The fourth-order valence-electron chi connectivity index (χ4n) is 4.30. The second-order valence-corrected chi connectivity index (χ2v) is 12.7. The number of hydrogen-bond acceptors (Lipinski definition) is 9. The van der Waals surface area contributed by atoms with E-state index >= 15 is 0 Å². The van der Waals surface area contributed by atoms with Gasteiger partial charge in [-0.3, -0.25) is 33.7 Å². The first-order valence-corrected chi connectivity index (χ1v) is 15.6. The van der Waals surface area contributed by atoms with Gasteiger partial charge in [-0.05, 0) is 72.6 Å². The number of amides is 6. The number of esters is 1. The number of hydrogen-bond donors (Lipinski definition) is 5. The zero-order valence-corrected chi connectivity index (χ0v) is 27.7. The predicted octanol–water partition coefficient (Wildman–Crippen LogP) is 0.578. The largest absolute Gasteiger partial charge is 0.458 e. The van der Waals surface area contributed by atoms with Crippen molar-refractivity contribution in [3.05, 3.63) is 12.2 Å².